The Morgan fingerprint density at radius 3 is 2.72 bits per heavy atom. The number of aromatic nitrogens is 1. The van der Waals surface area contributed by atoms with E-state index in [9.17, 15) is 8.42 Å². The fourth-order valence-electron chi connectivity index (χ4n) is 1.77. The van der Waals surface area contributed by atoms with Gasteiger partial charge in [0.2, 0.25) is 10.0 Å². The van der Waals surface area contributed by atoms with Gasteiger partial charge in [-0.3, -0.25) is 0 Å². The molecule has 1 aromatic heterocycles. The van der Waals surface area contributed by atoms with E-state index in [-0.39, 0.29) is 24.1 Å². The second-order valence-corrected chi connectivity index (χ2v) is 6.60. The van der Waals surface area contributed by atoms with Crippen LogP contribution in [0.15, 0.2) is 17.2 Å². The van der Waals surface area contributed by atoms with Crippen LogP contribution in [-0.4, -0.2) is 42.0 Å². The Balaban J connectivity index is 2.36. The zero-order chi connectivity index (χ0) is 13.3. The third-order valence-corrected chi connectivity index (χ3v) is 5.18. The Labute approximate surface area is 111 Å². The molecule has 1 aromatic rings. The van der Waals surface area contributed by atoms with Crippen molar-refractivity contribution in [2.24, 2.45) is 0 Å². The molecule has 0 radical (unpaired) electrons. The minimum absolute atomic E-state index is 0.0122. The summed E-state index contributed by atoms with van der Waals surface area (Å²) >= 11 is 5.79. The minimum atomic E-state index is -3.59. The van der Waals surface area contributed by atoms with Gasteiger partial charge in [0.15, 0.2) is 0 Å². The molecule has 1 N–H and O–H groups in total. The molecule has 1 fully saturated rings. The molecule has 0 aliphatic heterocycles. The first kappa shape index (κ1) is 13.7. The molecule has 100 valence electrons. The van der Waals surface area contributed by atoms with Crippen LogP contribution < -0.4 is 0 Å². The summed E-state index contributed by atoms with van der Waals surface area (Å²) in [6.07, 6.45) is 2.95. The maximum atomic E-state index is 12.4. The van der Waals surface area contributed by atoms with E-state index >= 15 is 0 Å². The largest absolute Gasteiger partial charge is 0.395 e. The number of hydrogen-bond acceptors (Lipinski definition) is 4. The lowest BCUT2D eigenvalue weighted by atomic mass is 10.3. The molecule has 0 aromatic carbocycles. The van der Waals surface area contributed by atoms with E-state index in [4.69, 9.17) is 16.7 Å². The Bertz CT molecular complexity index is 543. The third kappa shape index (κ3) is 2.66. The zero-order valence-corrected chi connectivity index (χ0v) is 11.6. The molecular formula is C11H15ClN2O3S. The summed E-state index contributed by atoms with van der Waals surface area (Å²) in [4.78, 5) is 3.99. The van der Waals surface area contributed by atoms with Crippen molar-refractivity contribution in [1.29, 1.82) is 0 Å². The van der Waals surface area contributed by atoms with Gasteiger partial charge < -0.3 is 5.11 Å². The number of rotatable bonds is 5. The van der Waals surface area contributed by atoms with Gasteiger partial charge in [0, 0.05) is 18.8 Å². The molecule has 2 rings (SSSR count). The van der Waals surface area contributed by atoms with E-state index in [1.807, 2.05) is 0 Å². The Morgan fingerprint density at radius 1 is 1.56 bits per heavy atom. The topological polar surface area (TPSA) is 70.5 Å². The smallest absolute Gasteiger partial charge is 0.244 e. The van der Waals surface area contributed by atoms with Gasteiger partial charge in [-0.1, -0.05) is 11.6 Å². The standard InChI is InChI=1S/C11H15ClN2O3S/c1-8-6-10(7-13-11(8)12)18(16,17)14(4-5-15)9-2-3-9/h6-7,9,15H,2-5H2,1H3. The maximum Gasteiger partial charge on any atom is 0.244 e. The highest BCUT2D eigenvalue weighted by atomic mass is 35.5. The highest BCUT2D eigenvalue weighted by Gasteiger charge is 2.37. The van der Waals surface area contributed by atoms with Gasteiger partial charge in [-0.05, 0) is 31.4 Å². The van der Waals surface area contributed by atoms with Crippen LogP contribution in [0.3, 0.4) is 0 Å². The van der Waals surface area contributed by atoms with Crippen LogP contribution in [0.4, 0.5) is 0 Å². The van der Waals surface area contributed by atoms with Crippen molar-refractivity contribution >= 4 is 21.6 Å². The number of nitrogens with zero attached hydrogens (tertiary/aromatic N) is 2. The lowest BCUT2D eigenvalue weighted by Gasteiger charge is -2.20. The summed E-state index contributed by atoms with van der Waals surface area (Å²) in [5, 5.41) is 9.28. The van der Waals surface area contributed by atoms with Crippen LogP contribution in [0.25, 0.3) is 0 Å². The zero-order valence-electron chi connectivity index (χ0n) is 10.0. The van der Waals surface area contributed by atoms with E-state index < -0.39 is 10.0 Å². The average molecular weight is 291 g/mol. The van der Waals surface area contributed by atoms with Crippen molar-refractivity contribution in [1.82, 2.24) is 9.29 Å². The fraction of sp³-hybridized carbons (Fsp3) is 0.545. The fourth-order valence-corrected chi connectivity index (χ4v) is 3.58. The predicted octanol–water partition coefficient (Wildman–Crippen LogP) is 1.19. The van der Waals surface area contributed by atoms with Crippen LogP contribution in [0.1, 0.15) is 18.4 Å². The number of pyridine rings is 1. The predicted molar refractivity (Wildman–Crippen MR) is 68.0 cm³/mol. The van der Waals surface area contributed by atoms with Gasteiger partial charge >= 0.3 is 0 Å². The molecule has 0 bridgehead atoms. The van der Waals surface area contributed by atoms with Gasteiger partial charge in [0.1, 0.15) is 10.0 Å². The number of aryl methyl sites for hydroxylation is 1. The van der Waals surface area contributed by atoms with Crippen LogP contribution in [-0.2, 0) is 10.0 Å². The van der Waals surface area contributed by atoms with Crippen molar-refractivity contribution < 1.29 is 13.5 Å². The van der Waals surface area contributed by atoms with Crippen LogP contribution in [0, 0.1) is 6.92 Å². The molecule has 0 unspecified atom stereocenters. The first-order valence-corrected chi connectivity index (χ1v) is 7.53. The summed E-state index contributed by atoms with van der Waals surface area (Å²) in [5.74, 6) is 0. The monoisotopic (exact) mass is 290 g/mol. The Hall–Kier alpha value is -0.690. The number of aliphatic hydroxyl groups is 1. The summed E-state index contributed by atoms with van der Waals surface area (Å²) in [6, 6.07) is 1.52. The summed E-state index contributed by atoms with van der Waals surface area (Å²) < 4.78 is 26.1. The van der Waals surface area contributed by atoms with Crippen molar-refractivity contribution in [3.63, 3.8) is 0 Å². The van der Waals surface area contributed by atoms with Gasteiger partial charge in [0.05, 0.1) is 6.61 Å². The maximum absolute atomic E-state index is 12.4. The van der Waals surface area contributed by atoms with Gasteiger partial charge in [-0.15, -0.1) is 0 Å². The van der Waals surface area contributed by atoms with Crippen LogP contribution >= 0.6 is 11.6 Å². The van der Waals surface area contributed by atoms with Crippen LogP contribution in [0.2, 0.25) is 5.15 Å². The van der Waals surface area contributed by atoms with E-state index in [0.29, 0.717) is 10.7 Å². The van der Waals surface area contributed by atoms with E-state index in [0.717, 1.165) is 12.8 Å². The van der Waals surface area contributed by atoms with E-state index in [1.54, 1.807) is 6.92 Å². The van der Waals surface area contributed by atoms with Crippen molar-refractivity contribution in [3.05, 3.63) is 23.0 Å². The molecule has 1 saturated carbocycles. The Morgan fingerprint density at radius 2 is 2.22 bits per heavy atom. The number of halogens is 1. The van der Waals surface area contributed by atoms with Crippen molar-refractivity contribution in [2.45, 2.75) is 30.7 Å². The molecule has 18 heavy (non-hydrogen) atoms. The SMILES string of the molecule is Cc1cc(S(=O)(=O)N(CCO)C2CC2)cnc1Cl. The van der Waals surface area contributed by atoms with Gasteiger partial charge in [-0.25, -0.2) is 13.4 Å². The molecule has 0 atom stereocenters. The molecule has 1 aliphatic rings. The quantitative estimate of drug-likeness (QED) is 0.827. The summed E-state index contributed by atoms with van der Waals surface area (Å²) in [7, 11) is -3.59. The molecule has 7 heteroatoms. The lowest BCUT2D eigenvalue weighted by Crippen LogP contribution is -2.35. The average Bonchev–Trinajstić information content (AvgIpc) is 3.13. The molecule has 1 aliphatic carbocycles. The van der Waals surface area contributed by atoms with Crippen molar-refractivity contribution in [2.75, 3.05) is 13.2 Å². The number of aliphatic hydroxyl groups excluding tert-OH is 1. The first-order valence-electron chi connectivity index (χ1n) is 5.71. The second kappa shape index (κ2) is 5.13. The highest BCUT2D eigenvalue weighted by molar-refractivity contribution is 7.89. The number of hydrogen-bond donors (Lipinski definition) is 1. The number of sulfonamides is 1. The second-order valence-electron chi connectivity index (χ2n) is 4.35. The normalized spacial score (nSPS) is 16.2. The molecule has 0 amide bonds. The van der Waals surface area contributed by atoms with Crippen LogP contribution in [0.5, 0.6) is 0 Å². The first-order chi connectivity index (χ1) is 8.46. The molecule has 0 saturated heterocycles. The Kier molecular flexibility index (Phi) is 3.91. The molecule has 5 nitrogen and oxygen atoms in total. The lowest BCUT2D eigenvalue weighted by molar-refractivity contribution is 0.250. The van der Waals surface area contributed by atoms with E-state index in [1.165, 1.54) is 16.6 Å². The summed E-state index contributed by atoms with van der Waals surface area (Å²) in [6.45, 7) is 1.65. The summed E-state index contributed by atoms with van der Waals surface area (Å²) in [5.41, 5.74) is 0.623. The minimum Gasteiger partial charge on any atom is -0.395 e. The highest BCUT2D eigenvalue weighted by Crippen LogP contribution is 2.32. The van der Waals surface area contributed by atoms with Crippen molar-refractivity contribution in [3.8, 4) is 0 Å². The third-order valence-electron chi connectivity index (χ3n) is 2.87. The van der Waals surface area contributed by atoms with E-state index in [2.05, 4.69) is 4.98 Å². The van der Waals surface area contributed by atoms with Gasteiger partial charge in [0.25, 0.3) is 0 Å². The molecular weight excluding hydrogens is 276 g/mol. The molecule has 0 spiro atoms. The molecule has 1 heterocycles. The van der Waals surface area contributed by atoms with Gasteiger partial charge in [-0.2, -0.15) is 4.31 Å².